The average molecular weight is 284 g/mol. The van der Waals surface area contributed by atoms with Gasteiger partial charge in [0.2, 0.25) is 0 Å². The summed E-state index contributed by atoms with van der Waals surface area (Å²) in [4.78, 5) is 2.42. The molecule has 2 aromatic carbocycles. The molecule has 2 rings (SSSR count). The molecule has 2 unspecified atom stereocenters. The molecular weight excluding hydrogens is 256 g/mol. The number of hydrogen-bond acceptors (Lipinski definition) is 2. The standard InChI is InChI=1S/C19H28N2/c1-14(19(2,3)4)21(5)18(13-20)17-12-8-10-15-9-6-7-11-16(15)17/h6-12,14,18H,13,20H2,1-5H3. The molecule has 21 heavy (non-hydrogen) atoms. The molecule has 0 heterocycles. The molecule has 0 aliphatic rings. The maximum absolute atomic E-state index is 6.14. The van der Waals surface area contributed by atoms with Crippen LogP contribution in [0.15, 0.2) is 42.5 Å². The summed E-state index contributed by atoms with van der Waals surface area (Å²) >= 11 is 0. The molecule has 0 aliphatic carbocycles. The molecule has 0 aromatic heterocycles. The Labute approximate surface area is 128 Å². The second-order valence-electron chi connectivity index (χ2n) is 7.03. The summed E-state index contributed by atoms with van der Waals surface area (Å²) in [5.74, 6) is 0. The highest BCUT2D eigenvalue weighted by Crippen LogP contribution is 2.32. The fraction of sp³-hybridized carbons (Fsp3) is 0.474. The molecule has 0 spiro atoms. The largest absolute Gasteiger partial charge is 0.329 e. The number of nitrogens with two attached hydrogens (primary N) is 1. The molecule has 0 radical (unpaired) electrons. The van der Waals surface area contributed by atoms with Crippen LogP contribution < -0.4 is 5.73 Å². The van der Waals surface area contributed by atoms with Gasteiger partial charge in [0.1, 0.15) is 0 Å². The van der Waals surface area contributed by atoms with E-state index in [9.17, 15) is 0 Å². The van der Waals surface area contributed by atoms with E-state index in [4.69, 9.17) is 5.73 Å². The van der Waals surface area contributed by atoms with Gasteiger partial charge in [-0.15, -0.1) is 0 Å². The Morgan fingerprint density at radius 1 is 1.05 bits per heavy atom. The minimum atomic E-state index is 0.229. The highest BCUT2D eigenvalue weighted by atomic mass is 15.2. The van der Waals surface area contributed by atoms with E-state index in [0.29, 0.717) is 12.6 Å². The number of nitrogens with zero attached hydrogens (tertiary/aromatic N) is 1. The first-order valence-corrected chi connectivity index (χ1v) is 7.76. The van der Waals surface area contributed by atoms with Gasteiger partial charge in [-0.1, -0.05) is 63.2 Å². The third-order valence-corrected chi connectivity index (χ3v) is 4.76. The quantitative estimate of drug-likeness (QED) is 0.911. The van der Waals surface area contributed by atoms with Crippen LogP contribution in [0.5, 0.6) is 0 Å². The van der Waals surface area contributed by atoms with Crippen LogP contribution in [0.3, 0.4) is 0 Å². The predicted molar refractivity (Wildman–Crippen MR) is 92.4 cm³/mol. The van der Waals surface area contributed by atoms with Gasteiger partial charge in [0.05, 0.1) is 0 Å². The van der Waals surface area contributed by atoms with Crippen LogP contribution >= 0.6 is 0 Å². The predicted octanol–water partition coefficient (Wildman–Crippen LogP) is 4.21. The average Bonchev–Trinajstić information content (AvgIpc) is 2.46. The van der Waals surface area contributed by atoms with Crippen molar-refractivity contribution >= 4 is 10.8 Å². The Balaban J connectivity index is 2.45. The second kappa shape index (κ2) is 6.17. The normalized spacial score (nSPS) is 15.4. The topological polar surface area (TPSA) is 29.3 Å². The van der Waals surface area contributed by atoms with Crippen LogP contribution in [-0.2, 0) is 0 Å². The summed E-state index contributed by atoms with van der Waals surface area (Å²) < 4.78 is 0. The summed E-state index contributed by atoms with van der Waals surface area (Å²) in [6.07, 6.45) is 0. The van der Waals surface area contributed by atoms with Crippen molar-refractivity contribution in [1.82, 2.24) is 4.90 Å². The fourth-order valence-corrected chi connectivity index (χ4v) is 2.93. The first-order valence-electron chi connectivity index (χ1n) is 7.76. The van der Waals surface area contributed by atoms with E-state index in [1.165, 1.54) is 16.3 Å². The van der Waals surface area contributed by atoms with Crippen molar-refractivity contribution in [3.05, 3.63) is 48.0 Å². The molecule has 0 aliphatic heterocycles. The van der Waals surface area contributed by atoms with E-state index in [1.54, 1.807) is 0 Å². The fourth-order valence-electron chi connectivity index (χ4n) is 2.93. The maximum atomic E-state index is 6.14. The Kier molecular flexibility index (Phi) is 4.70. The maximum Gasteiger partial charge on any atom is 0.0476 e. The van der Waals surface area contributed by atoms with Gasteiger partial charge in [0.15, 0.2) is 0 Å². The summed E-state index contributed by atoms with van der Waals surface area (Å²) in [6.45, 7) is 9.76. The van der Waals surface area contributed by atoms with E-state index in [0.717, 1.165) is 0 Å². The van der Waals surface area contributed by atoms with Crippen LogP contribution in [0.4, 0.5) is 0 Å². The van der Waals surface area contributed by atoms with E-state index in [-0.39, 0.29) is 11.5 Å². The van der Waals surface area contributed by atoms with Crippen LogP contribution in [0.1, 0.15) is 39.3 Å². The Hall–Kier alpha value is -1.38. The third-order valence-electron chi connectivity index (χ3n) is 4.76. The lowest BCUT2D eigenvalue weighted by molar-refractivity contribution is 0.101. The van der Waals surface area contributed by atoms with Crippen molar-refractivity contribution in [3.8, 4) is 0 Å². The van der Waals surface area contributed by atoms with Crippen LogP contribution in [0.25, 0.3) is 10.8 Å². The van der Waals surface area contributed by atoms with Gasteiger partial charge in [0.25, 0.3) is 0 Å². The summed E-state index contributed by atoms with van der Waals surface area (Å²) in [5.41, 5.74) is 7.69. The molecule has 2 aromatic rings. The number of fused-ring (bicyclic) bond motifs is 1. The minimum Gasteiger partial charge on any atom is -0.329 e. The molecule has 0 saturated carbocycles. The Bertz CT molecular complexity index is 593. The Morgan fingerprint density at radius 2 is 1.67 bits per heavy atom. The van der Waals surface area contributed by atoms with Crippen LogP contribution in [0, 0.1) is 5.41 Å². The first kappa shape index (κ1) is 16.0. The van der Waals surface area contributed by atoms with Crippen molar-refractivity contribution < 1.29 is 0 Å². The summed E-state index contributed by atoms with van der Waals surface area (Å²) in [6, 6.07) is 15.8. The molecule has 0 amide bonds. The van der Waals surface area contributed by atoms with Gasteiger partial charge in [-0.25, -0.2) is 0 Å². The lowest BCUT2D eigenvalue weighted by atomic mass is 9.85. The zero-order valence-corrected chi connectivity index (χ0v) is 13.9. The van der Waals surface area contributed by atoms with Crippen molar-refractivity contribution in [2.75, 3.05) is 13.6 Å². The van der Waals surface area contributed by atoms with Gasteiger partial charge < -0.3 is 5.73 Å². The number of hydrogen-bond donors (Lipinski definition) is 1. The van der Waals surface area contributed by atoms with Crippen LogP contribution in [-0.4, -0.2) is 24.5 Å². The van der Waals surface area contributed by atoms with Gasteiger partial charge in [-0.3, -0.25) is 4.90 Å². The molecule has 0 fully saturated rings. The lowest BCUT2D eigenvalue weighted by Gasteiger charge is -2.40. The van der Waals surface area contributed by atoms with E-state index < -0.39 is 0 Å². The molecule has 114 valence electrons. The summed E-state index contributed by atoms with van der Waals surface area (Å²) in [7, 11) is 2.19. The van der Waals surface area contributed by atoms with E-state index in [1.807, 2.05) is 0 Å². The lowest BCUT2D eigenvalue weighted by Crippen LogP contribution is -2.43. The number of benzene rings is 2. The number of likely N-dealkylation sites (N-methyl/N-ethyl adjacent to an activating group) is 1. The third kappa shape index (κ3) is 3.28. The molecule has 0 bridgehead atoms. The summed E-state index contributed by atoms with van der Waals surface area (Å²) in [5, 5.41) is 2.59. The minimum absolute atomic E-state index is 0.229. The van der Waals surface area contributed by atoms with Crippen molar-refractivity contribution in [2.24, 2.45) is 11.1 Å². The first-order chi connectivity index (χ1) is 9.86. The van der Waals surface area contributed by atoms with Crippen LogP contribution in [0.2, 0.25) is 0 Å². The zero-order valence-electron chi connectivity index (χ0n) is 13.9. The van der Waals surface area contributed by atoms with Crippen molar-refractivity contribution in [3.63, 3.8) is 0 Å². The zero-order chi connectivity index (χ0) is 15.6. The van der Waals surface area contributed by atoms with Gasteiger partial charge in [0, 0.05) is 18.6 Å². The molecule has 2 N–H and O–H groups in total. The van der Waals surface area contributed by atoms with E-state index >= 15 is 0 Å². The van der Waals surface area contributed by atoms with Gasteiger partial charge >= 0.3 is 0 Å². The van der Waals surface area contributed by atoms with Gasteiger partial charge in [-0.05, 0) is 35.7 Å². The molecule has 0 saturated heterocycles. The highest BCUT2D eigenvalue weighted by molar-refractivity contribution is 5.86. The molecule has 2 heteroatoms. The second-order valence-corrected chi connectivity index (χ2v) is 7.03. The van der Waals surface area contributed by atoms with E-state index in [2.05, 4.69) is 82.1 Å². The molecule has 2 nitrogen and oxygen atoms in total. The Morgan fingerprint density at radius 3 is 2.29 bits per heavy atom. The number of rotatable bonds is 4. The molecule has 2 atom stereocenters. The SMILES string of the molecule is CC(N(C)C(CN)c1cccc2ccccc12)C(C)(C)C. The highest BCUT2D eigenvalue weighted by Gasteiger charge is 2.29. The van der Waals surface area contributed by atoms with Gasteiger partial charge in [-0.2, -0.15) is 0 Å². The smallest absolute Gasteiger partial charge is 0.0476 e. The monoisotopic (exact) mass is 284 g/mol. The van der Waals surface area contributed by atoms with Crippen molar-refractivity contribution in [1.29, 1.82) is 0 Å². The molecular formula is C19H28N2. The van der Waals surface area contributed by atoms with Crippen molar-refractivity contribution in [2.45, 2.75) is 39.8 Å².